The summed E-state index contributed by atoms with van der Waals surface area (Å²) in [7, 11) is 0. The molecule has 3 rings (SSSR count). The molecule has 0 bridgehead atoms. The number of benzene rings is 1. The molecule has 1 aromatic carbocycles. The molecule has 4 atom stereocenters. The molecular formula is C15H18F2N2O2. The zero-order valence-corrected chi connectivity index (χ0v) is 11.5. The first-order valence-electron chi connectivity index (χ1n) is 7.17. The summed E-state index contributed by atoms with van der Waals surface area (Å²) in [6, 6.07) is 3.79. The highest BCUT2D eigenvalue weighted by molar-refractivity contribution is 5.82. The van der Waals surface area contributed by atoms with Crippen LogP contribution in [0.5, 0.6) is 0 Å². The van der Waals surface area contributed by atoms with Crippen LogP contribution in [0.25, 0.3) is 0 Å². The topological polar surface area (TPSA) is 61.4 Å². The predicted molar refractivity (Wildman–Crippen MR) is 72.6 cm³/mol. The van der Waals surface area contributed by atoms with E-state index in [1.54, 1.807) is 0 Å². The Bertz CT molecular complexity index is 552. The fourth-order valence-electron chi connectivity index (χ4n) is 2.89. The van der Waals surface area contributed by atoms with Crippen LogP contribution in [0.15, 0.2) is 18.2 Å². The van der Waals surface area contributed by atoms with Crippen molar-refractivity contribution in [3.63, 3.8) is 0 Å². The molecule has 4 unspecified atom stereocenters. The van der Waals surface area contributed by atoms with E-state index in [2.05, 4.69) is 10.6 Å². The van der Waals surface area contributed by atoms with Crippen LogP contribution in [0.4, 0.5) is 8.78 Å². The second kappa shape index (κ2) is 5.69. The van der Waals surface area contributed by atoms with E-state index in [1.165, 1.54) is 6.07 Å². The van der Waals surface area contributed by atoms with E-state index in [9.17, 15) is 18.7 Å². The summed E-state index contributed by atoms with van der Waals surface area (Å²) in [5.41, 5.74) is 0.664. The first kappa shape index (κ1) is 14.4. The van der Waals surface area contributed by atoms with E-state index in [4.69, 9.17) is 0 Å². The third-order valence-corrected chi connectivity index (χ3v) is 4.34. The summed E-state index contributed by atoms with van der Waals surface area (Å²) >= 11 is 0. The summed E-state index contributed by atoms with van der Waals surface area (Å²) in [6.07, 6.45) is 0.231. The van der Waals surface area contributed by atoms with Crippen LogP contribution in [-0.4, -0.2) is 36.8 Å². The molecule has 1 saturated heterocycles. The molecule has 0 aromatic heterocycles. The first-order chi connectivity index (χ1) is 10.1. The Labute approximate surface area is 121 Å². The molecule has 1 amide bonds. The van der Waals surface area contributed by atoms with Gasteiger partial charge in [0.2, 0.25) is 5.91 Å². The number of amides is 1. The quantitative estimate of drug-likeness (QED) is 0.769. The van der Waals surface area contributed by atoms with Gasteiger partial charge in [-0.05, 0) is 30.0 Å². The van der Waals surface area contributed by atoms with Crippen LogP contribution in [0.1, 0.15) is 17.9 Å². The molecule has 1 aliphatic heterocycles. The summed E-state index contributed by atoms with van der Waals surface area (Å²) in [6.45, 7) is 1.69. The number of hydrogen-bond acceptors (Lipinski definition) is 3. The Morgan fingerprint density at radius 2 is 2.14 bits per heavy atom. The van der Waals surface area contributed by atoms with Crippen LogP contribution < -0.4 is 10.6 Å². The van der Waals surface area contributed by atoms with Crippen LogP contribution in [0.3, 0.4) is 0 Å². The molecular weight excluding hydrogens is 278 g/mol. The predicted octanol–water partition coefficient (Wildman–Crippen LogP) is 0.765. The highest BCUT2D eigenvalue weighted by atomic mass is 19.2. The highest BCUT2D eigenvalue weighted by Gasteiger charge is 2.44. The van der Waals surface area contributed by atoms with Crippen LogP contribution in [0.2, 0.25) is 0 Å². The minimum absolute atomic E-state index is 0.0354. The number of β-amino-alcohol motifs (C(OH)–C–C–N with tert-alkyl or cyclic N) is 1. The zero-order chi connectivity index (χ0) is 15.0. The maximum Gasteiger partial charge on any atom is 0.223 e. The monoisotopic (exact) mass is 296 g/mol. The van der Waals surface area contributed by atoms with Gasteiger partial charge < -0.3 is 15.7 Å². The second-order valence-electron chi connectivity index (χ2n) is 5.85. The van der Waals surface area contributed by atoms with E-state index in [1.807, 2.05) is 0 Å². The Morgan fingerprint density at radius 1 is 1.33 bits per heavy atom. The van der Waals surface area contributed by atoms with E-state index in [0.29, 0.717) is 31.6 Å². The maximum absolute atomic E-state index is 13.2. The molecule has 1 saturated carbocycles. The summed E-state index contributed by atoms with van der Waals surface area (Å²) in [5.74, 6) is -2.01. The largest absolute Gasteiger partial charge is 0.391 e. The van der Waals surface area contributed by atoms with E-state index >= 15 is 0 Å². The van der Waals surface area contributed by atoms with Crippen molar-refractivity contribution in [3.8, 4) is 0 Å². The number of carbonyl (C=O) groups excluding carboxylic acids is 1. The third-order valence-electron chi connectivity index (χ3n) is 4.34. The van der Waals surface area contributed by atoms with Crippen LogP contribution >= 0.6 is 0 Å². The fourth-order valence-corrected chi connectivity index (χ4v) is 2.89. The molecule has 1 aliphatic carbocycles. The Morgan fingerprint density at radius 3 is 2.81 bits per heavy atom. The Balaban J connectivity index is 1.52. The molecule has 4 nitrogen and oxygen atoms in total. The van der Waals surface area contributed by atoms with E-state index < -0.39 is 17.7 Å². The minimum Gasteiger partial charge on any atom is -0.391 e. The molecule has 0 spiro atoms. The average Bonchev–Trinajstić information content (AvgIpc) is 3.16. The molecule has 1 aromatic rings. The zero-order valence-electron chi connectivity index (χ0n) is 11.5. The van der Waals surface area contributed by atoms with Gasteiger partial charge in [0.25, 0.3) is 0 Å². The van der Waals surface area contributed by atoms with Gasteiger partial charge in [0.15, 0.2) is 11.6 Å². The lowest BCUT2D eigenvalue weighted by atomic mass is 10.1. The first-order valence-corrected chi connectivity index (χ1v) is 7.17. The molecule has 2 fully saturated rings. The number of aliphatic hydroxyl groups is 1. The summed E-state index contributed by atoms with van der Waals surface area (Å²) in [4.78, 5) is 12.0. The van der Waals surface area contributed by atoms with Gasteiger partial charge in [-0.2, -0.15) is 0 Å². The van der Waals surface area contributed by atoms with Crippen LogP contribution in [0, 0.1) is 23.5 Å². The van der Waals surface area contributed by atoms with Gasteiger partial charge in [-0.3, -0.25) is 4.79 Å². The van der Waals surface area contributed by atoms with Gasteiger partial charge in [0, 0.05) is 31.5 Å². The average molecular weight is 296 g/mol. The number of nitrogens with one attached hydrogen (secondary N) is 2. The number of carbonyl (C=O) groups is 1. The van der Waals surface area contributed by atoms with Crippen molar-refractivity contribution in [3.05, 3.63) is 35.4 Å². The number of halogens is 2. The standard InChI is InChI=1S/C15H18F2N2O2/c16-12-2-1-8(3-13(12)17)10-4-11(10)15(21)19-6-9-5-18-7-14(9)20/h1-3,9-11,14,18,20H,4-7H2,(H,19,21). The van der Waals surface area contributed by atoms with Gasteiger partial charge in [-0.25, -0.2) is 8.78 Å². The van der Waals surface area contributed by atoms with Crippen molar-refractivity contribution in [1.29, 1.82) is 0 Å². The molecule has 114 valence electrons. The number of hydrogen-bond donors (Lipinski definition) is 3. The molecule has 3 N–H and O–H groups in total. The van der Waals surface area contributed by atoms with E-state index in [-0.39, 0.29) is 23.7 Å². The maximum atomic E-state index is 13.2. The third kappa shape index (κ3) is 3.06. The van der Waals surface area contributed by atoms with Gasteiger partial charge in [-0.1, -0.05) is 6.07 Å². The van der Waals surface area contributed by atoms with Gasteiger partial charge >= 0.3 is 0 Å². The highest BCUT2D eigenvalue weighted by Crippen LogP contribution is 2.47. The van der Waals surface area contributed by atoms with Gasteiger partial charge in [0.05, 0.1) is 6.10 Å². The Kier molecular flexibility index (Phi) is 3.91. The van der Waals surface area contributed by atoms with Crippen LogP contribution in [-0.2, 0) is 4.79 Å². The summed E-state index contributed by atoms with van der Waals surface area (Å²) in [5, 5.41) is 15.5. The fraction of sp³-hybridized carbons (Fsp3) is 0.533. The van der Waals surface area contributed by atoms with Crippen molar-refractivity contribution < 1.29 is 18.7 Å². The van der Waals surface area contributed by atoms with Crippen molar-refractivity contribution in [2.45, 2.75) is 18.4 Å². The van der Waals surface area contributed by atoms with Crippen molar-refractivity contribution in [2.75, 3.05) is 19.6 Å². The minimum atomic E-state index is -0.876. The molecule has 6 heteroatoms. The SMILES string of the molecule is O=C(NCC1CNCC1O)C1CC1c1ccc(F)c(F)c1. The molecule has 21 heavy (non-hydrogen) atoms. The van der Waals surface area contributed by atoms with E-state index in [0.717, 1.165) is 12.1 Å². The molecule has 0 radical (unpaired) electrons. The lowest BCUT2D eigenvalue weighted by Gasteiger charge is -2.14. The lowest BCUT2D eigenvalue weighted by Crippen LogP contribution is -2.35. The smallest absolute Gasteiger partial charge is 0.223 e. The van der Waals surface area contributed by atoms with Crippen molar-refractivity contribution >= 4 is 5.91 Å². The molecule has 1 heterocycles. The normalized spacial score (nSPS) is 31.2. The lowest BCUT2D eigenvalue weighted by molar-refractivity contribution is -0.122. The van der Waals surface area contributed by atoms with Gasteiger partial charge in [-0.15, -0.1) is 0 Å². The van der Waals surface area contributed by atoms with Gasteiger partial charge in [0.1, 0.15) is 0 Å². The Hall–Kier alpha value is -1.53. The molecule has 2 aliphatic rings. The summed E-state index contributed by atoms with van der Waals surface area (Å²) < 4.78 is 26.1. The second-order valence-corrected chi connectivity index (χ2v) is 5.85. The van der Waals surface area contributed by atoms with Crippen molar-refractivity contribution in [2.24, 2.45) is 11.8 Å². The number of aliphatic hydroxyl groups excluding tert-OH is 1. The number of rotatable bonds is 4. The van der Waals surface area contributed by atoms with Crippen molar-refractivity contribution in [1.82, 2.24) is 10.6 Å².